The highest BCUT2D eigenvalue weighted by Gasteiger charge is 2.29. The van der Waals surface area contributed by atoms with Gasteiger partial charge >= 0.3 is 0 Å². The number of likely N-dealkylation sites (tertiary alicyclic amines) is 1. The number of benzene rings is 1. The van der Waals surface area contributed by atoms with Gasteiger partial charge in [-0.15, -0.1) is 0 Å². The molecule has 0 unspecified atom stereocenters. The number of nitrogens with zero attached hydrogens (tertiary/aromatic N) is 3. The molecule has 1 saturated heterocycles. The van der Waals surface area contributed by atoms with E-state index in [0.717, 1.165) is 44.1 Å². The van der Waals surface area contributed by atoms with Gasteiger partial charge in [-0.05, 0) is 45.1 Å². The highest BCUT2D eigenvalue weighted by molar-refractivity contribution is 5.98. The first-order valence-corrected chi connectivity index (χ1v) is 6.80. The van der Waals surface area contributed by atoms with E-state index in [2.05, 4.69) is 4.90 Å². The lowest BCUT2D eigenvalue weighted by atomic mass is 10.0. The topological polar surface area (TPSA) is 66.7 Å². The molecule has 1 aromatic carbocycles. The van der Waals surface area contributed by atoms with E-state index in [0.29, 0.717) is 0 Å². The summed E-state index contributed by atoms with van der Waals surface area (Å²) in [4.78, 5) is 26.4. The molecule has 1 fully saturated rings. The van der Waals surface area contributed by atoms with Gasteiger partial charge in [0.15, 0.2) is 0 Å². The second-order valence-corrected chi connectivity index (χ2v) is 5.37. The van der Waals surface area contributed by atoms with Gasteiger partial charge in [0.1, 0.15) is 11.4 Å². The molecule has 0 bridgehead atoms. The molecule has 0 aromatic heterocycles. The predicted molar refractivity (Wildman–Crippen MR) is 75.7 cm³/mol. The van der Waals surface area contributed by atoms with Crippen LogP contribution in [0.4, 0.5) is 10.1 Å². The Balaban J connectivity index is 2.23. The number of nitro benzene ring substituents is 1. The molecule has 7 heteroatoms. The summed E-state index contributed by atoms with van der Waals surface area (Å²) in [7, 11) is 3.63. The molecule has 1 amide bonds. The highest BCUT2D eigenvalue weighted by Crippen LogP contribution is 2.23. The van der Waals surface area contributed by atoms with E-state index in [1.165, 1.54) is 4.90 Å². The van der Waals surface area contributed by atoms with Gasteiger partial charge in [0.05, 0.1) is 4.92 Å². The zero-order chi connectivity index (χ0) is 15.6. The normalized spacial score (nSPS) is 16.7. The molecule has 1 aliphatic rings. The number of hydrogen-bond acceptors (Lipinski definition) is 4. The van der Waals surface area contributed by atoms with Gasteiger partial charge in [-0.25, -0.2) is 4.39 Å². The molecule has 0 atom stereocenters. The molecule has 1 heterocycles. The summed E-state index contributed by atoms with van der Waals surface area (Å²) >= 11 is 0. The minimum Gasteiger partial charge on any atom is -0.338 e. The summed E-state index contributed by atoms with van der Waals surface area (Å²) in [6.07, 6.45) is 1.61. The van der Waals surface area contributed by atoms with Crippen molar-refractivity contribution in [2.75, 3.05) is 27.2 Å². The van der Waals surface area contributed by atoms with Crippen molar-refractivity contribution in [1.29, 1.82) is 0 Å². The summed E-state index contributed by atoms with van der Waals surface area (Å²) in [5.74, 6) is -1.16. The average Bonchev–Trinajstić information content (AvgIpc) is 2.46. The third-order valence-corrected chi connectivity index (χ3v) is 3.94. The van der Waals surface area contributed by atoms with E-state index >= 15 is 0 Å². The van der Waals surface area contributed by atoms with Crippen molar-refractivity contribution in [1.82, 2.24) is 9.80 Å². The molecule has 0 radical (unpaired) electrons. The van der Waals surface area contributed by atoms with Gasteiger partial charge < -0.3 is 9.80 Å². The summed E-state index contributed by atoms with van der Waals surface area (Å²) in [6, 6.07) is 2.98. The SMILES string of the molecule is CN1CCC(N(C)C(=O)c2cc(F)ccc2[N+](=O)[O-])CC1. The van der Waals surface area contributed by atoms with Crippen LogP contribution in [0.15, 0.2) is 18.2 Å². The van der Waals surface area contributed by atoms with Crippen LogP contribution in [0.1, 0.15) is 23.2 Å². The number of amides is 1. The number of hydrogen-bond donors (Lipinski definition) is 0. The number of piperidine rings is 1. The molecule has 0 aliphatic carbocycles. The van der Waals surface area contributed by atoms with E-state index in [9.17, 15) is 19.3 Å². The van der Waals surface area contributed by atoms with Gasteiger partial charge in [-0.1, -0.05) is 0 Å². The van der Waals surface area contributed by atoms with Crippen LogP contribution >= 0.6 is 0 Å². The summed E-state index contributed by atoms with van der Waals surface area (Å²) in [5, 5.41) is 11.0. The van der Waals surface area contributed by atoms with Crippen molar-refractivity contribution in [2.45, 2.75) is 18.9 Å². The molecule has 114 valence electrons. The van der Waals surface area contributed by atoms with Crippen LogP contribution < -0.4 is 0 Å². The summed E-state index contributed by atoms with van der Waals surface area (Å²) in [5.41, 5.74) is -0.553. The fraction of sp³-hybridized carbons (Fsp3) is 0.500. The molecule has 21 heavy (non-hydrogen) atoms. The Morgan fingerprint density at radius 2 is 2.05 bits per heavy atom. The fourth-order valence-corrected chi connectivity index (χ4v) is 2.58. The third-order valence-electron chi connectivity index (χ3n) is 3.94. The number of carbonyl (C=O) groups excluding carboxylic acids is 1. The number of rotatable bonds is 3. The minimum atomic E-state index is -0.658. The quantitative estimate of drug-likeness (QED) is 0.631. The van der Waals surface area contributed by atoms with E-state index < -0.39 is 16.6 Å². The first-order chi connectivity index (χ1) is 9.90. The maximum atomic E-state index is 13.3. The maximum Gasteiger partial charge on any atom is 0.282 e. The first kappa shape index (κ1) is 15.4. The van der Waals surface area contributed by atoms with Gasteiger partial charge in [-0.3, -0.25) is 14.9 Å². The van der Waals surface area contributed by atoms with Crippen LogP contribution in [-0.4, -0.2) is 53.9 Å². The lowest BCUT2D eigenvalue weighted by molar-refractivity contribution is -0.385. The molecule has 0 saturated carbocycles. The number of halogens is 1. The largest absolute Gasteiger partial charge is 0.338 e. The Kier molecular flexibility index (Phi) is 4.52. The Morgan fingerprint density at radius 1 is 1.43 bits per heavy atom. The monoisotopic (exact) mass is 295 g/mol. The van der Waals surface area contributed by atoms with Gasteiger partial charge in [0.2, 0.25) is 0 Å². The zero-order valence-electron chi connectivity index (χ0n) is 12.1. The Bertz CT molecular complexity index is 556. The molecule has 2 rings (SSSR count). The van der Waals surface area contributed by atoms with Crippen molar-refractivity contribution in [3.05, 3.63) is 39.7 Å². The lowest BCUT2D eigenvalue weighted by Crippen LogP contribution is -2.44. The van der Waals surface area contributed by atoms with Crippen LogP contribution in [0.3, 0.4) is 0 Å². The molecule has 0 spiro atoms. The maximum absolute atomic E-state index is 13.3. The predicted octanol–water partition coefficient (Wildman–Crippen LogP) is 1.90. The second kappa shape index (κ2) is 6.17. The third kappa shape index (κ3) is 3.36. The van der Waals surface area contributed by atoms with E-state index in [1.54, 1.807) is 7.05 Å². The standard InChI is InChI=1S/C14H18FN3O3/c1-16-7-5-11(6-8-16)17(2)14(19)12-9-10(15)3-4-13(12)18(20)21/h3-4,9,11H,5-8H2,1-2H3. The van der Waals surface area contributed by atoms with Crippen LogP contribution in [0.25, 0.3) is 0 Å². The molecule has 0 N–H and O–H groups in total. The number of nitro groups is 1. The Morgan fingerprint density at radius 3 is 2.62 bits per heavy atom. The molecular formula is C14H18FN3O3. The molecule has 6 nitrogen and oxygen atoms in total. The van der Waals surface area contributed by atoms with Crippen molar-refractivity contribution in [2.24, 2.45) is 0 Å². The minimum absolute atomic E-state index is 0.0246. The number of carbonyl (C=O) groups is 1. The average molecular weight is 295 g/mol. The fourth-order valence-electron chi connectivity index (χ4n) is 2.58. The zero-order valence-corrected chi connectivity index (χ0v) is 12.1. The molecular weight excluding hydrogens is 277 g/mol. The van der Waals surface area contributed by atoms with Gasteiger partial charge in [0, 0.05) is 19.2 Å². The van der Waals surface area contributed by atoms with Crippen molar-refractivity contribution >= 4 is 11.6 Å². The van der Waals surface area contributed by atoms with Crippen LogP contribution in [0.2, 0.25) is 0 Å². The van der Waals surface area contributed by atoms with Gasteiger partial charge in [-0.2, -0.15) is 0 Å². The van der Waals surface area contributed by atoms with Crippen LogP contribution in [0.5, 0.6) is 0 Å². The lowest BCUT2D eigenvalue weighted by Gasteiger charge is -2.35. The van der Waals surface area contributed by atoms with Crippen LogP contribution in [-0.2, 0) is 0 Å². The summed E-state index contributed by atoms with van der Waals surface area (Å²) < 4.78 is 13.3. The Labute approximate surface area is 122 Å². The smallest absolute Gasteiger partial charge is 0.282 e. The van der Waals surface area contributed by atoms with Crippen molar-refractivity contribution in [3.8, 4) is 0 Å². The van der Waals surface area contributed by atoms with Crippen LogP contribution in [0, 0.1) is 15.9 Å². The summed E-state index contributed by atoms with van der Waals surface area (Å²) in [6.45, 7) is 1.74. The molecule has 1 aliphatic heterocycles. The Hall–Kier alpha value is -2.02. The first-order valence-electron chi connectivity index (χ1n) is 6.80. The van der Waals surface area contributed by atoms with Gasteiger partial charge in [0.25, 0.3) is 11.6 Å². The van der Waals surface area contributed by atoms with E-state index in [1.807, 2.05) is 7.05 Å². The van der Waals surface area contributed by atoms with E-state index in [4.69, 9.17) is 0 Å². The van der Waals surface area contributed by atoms with Crippen molar-refractivity contribution in [3.63, 3.8) is 0 Å². The van der Waals surface area contributed by atoms with Crippen molar-refractivity contribution < 1.29 is 14.1 Å². The van der Waals surface area contributed by atoms with E-state index in [-0.39, 0.29) is 17.3 Å². The second-order valence-electron chi connectivity index (χ2n) is 5.37. The highest BCUT2D eigenvalue weighted by atomic mass is 19.1. The molecule has 1 aromatic rings.